The van der Waals surface area contributed by atoms with Gasteiger partial charge in [-0.15, -0.1) is 0 Å². The number of carbonyl (C=O) groups is 1. The van der Waals surface area contributed by atoms with Crippen LogP contribution in [0.1, 0.15) is 46.0 Å². The van der Waals surface area contributed by atoms with Crippen molar-refractivity contribution in [2.24, 2.45) is 0 Å². The molecular formula is C16H26BrN5O. The zero-order chi connectivity index (χ0) is 17.0. The summed E-state index contributed by atoms with van der Waals surface area (Å²) in [5.41, 5.74) is 0.196. The van der Waals surface area contributed by atoms with Crippen LogP contribution in [0.25, 0.3) is 0 Å². The van der Waals surface area contributed by atoms with Crippen molar-refractivity contribution < 1.29 is 4.79 Å². The summed E-state index contributed by atoms with van der Waals surface area (Å²) in [5.74, 6) is 0.618. The lowest BCUT2D eigenvalue weighted by atomic mass is 9.98. The summed E-state index contributed by atoms with van der Waals surface area (Å²) in [6, 6.07) is -0.251. The van der Waals surface area contributed by atoms with E-state index in [1.165, 1.54) is 0 Å². The van der Waals surface area contributed by atoms with Crippen molar-refractivity contribution in [3.63, 3.8) is 0 Å². The van der Waals surface area contributed by atoms with E-state index in [2.05, 4.69) is 56.9 Å². The molecular weight excluding hydrogens is 358 g/mol. The van der Waals surface area contributed by atoms with Gasteiger partial charge < -0.3 is 10.2 Å². The van der Waals surface area contributed by atoms with E-state index in [1.807, 2.05) is 11.8 Å². The zero-order valence-electron chi connectivity index (χ0n) is 14.3. The van der Waals surface area contributed by atoms with Gasteiger partial charge in [0.25, 0.3) is 0 Å². The van der Waals surface area contributed by atoms with Gasteiger partial charge >= 0.3 is 6.03 Å². The van der Waals surface area contributed by atoms with E-state index in [-0.39, 0.29) is 17.6 Å². The SMILES string of the molecule is CCC(C)(C)N1CCN(C(=O)NC(C)c2ncc(Br)cn2)CC1. The number of halogens is 1. The van der Waals surface area contributed by atoms with E-state index in [4.69, 9.17) is 0 Å². The molecule has 1 N–H and O–H groups in total. The van der Waals surface area contributed by atoms with E-state index < -0.39 is 0 Å². The maximum Gasteiger partial charge on any atom is 0.318 e. The van der Waals surface area contributed by atoms with Gasteiger partial charge in [0.15, 0.2) is 0 Å². The van der Waals surface area contributed by atoms with Crippen LogP contribution in [0.15, 0.2) is 16.9 Å². The second-order valence-electron chi connectivity index (χ2n) is 6.57. The molecule has 1 aromatic heterocycles. The number of carbonyl (C=O) groups excluding carboxylic acids is 1. The van der Waals surface area contributed by atoms with Crippen molar-refractivity contribution in [1.29, 1.82) is 0 Å². The number of piperazine rings is 1. The van der Waals surface area contributed by atoms with Crippen LogP contribution in [0, 0.1) is 0 Å². The smallest absolute Gasteiger partial charge is 0.318 e. The van der Waals surface area contributed by atoms with E-state index in [9.17, 15) is 4.79 Å². The lowest BCUT2D eigenvalue weighted by Gasteiger charge is -2.43. The van der Waals surface area contributed by atoms with E-state index in [0.717, 1.165) is 37.1 Å². The molecule has 23 heavy (non-hydrogen) atoms. The third kappa shape index (κ3) is 4.64. The molecule has 0 bridgehead atoms. The van der Waals surface area contributed by atoms with Gasteiger partial charge in [-0.1, -0.05) is 6.92 Å². The van der Waals surface area contributed by atoms with Crippen LogP contribution in [0.4, 0.5) is 4.79 Å². The molecule has 6 nitrogen and oxygen atoms in total. The minimum atomic E-state index is -0.208. The molecule has 0 radical (unpaired) electrons. The third-order valence-corrected chi connectivity index (χ3v) is 5.07. The first-order valence-electron chi connectivity index (χ1n) is 8.11. The van der Waals surface area contributed by atoms with Crippen molar-refractivity contribution in [2.75, 3.05) is 26.2 Å². The Morgan fingerprint density at radius 2 is 1.87 bits per heavy atom. The highest BCUT2D eigenvalue weighted by atomic mass is 79.9. The molecule has 1 aromatic rings. The average Bonchev–Trinajstić information content (AvgIpc) is 2.55. The Labute approximate surface area is 146 Å². The molecule has 0 aromatic carbocycles. The Bertz CT molecular complexity index is 526. The average molecular weight is 384 g/mol. The topological polar surface area (TPSA) is 61.4 Å². The maximum atomic E-state index is 12.4. The van der Waals surface area contributed by atoms with Gasteiger partial charge in [-0.2, -0.15) is 0 Å². The lowest BCUT2D eigenvalue weighted by Crippen LogP contribution is -2.57. The summed E-state index contributed by atoms with van der Waals surface area (Å²) >= 11 is 3.31. The first kappa shape index (κ1) is 18.1. The van der Waals surface area contributed by atoms with Crippen LogP contribution in [-0.4, -0.2) is 57.5 Å². The monoisotopic (exact) mass is 383 g/mol. The van der Waals surface area contributed by atoms with Gasteiger partial charge in [0.2, 0.25) is 0 Å². The summed E-state index contributed by atoms with van der Waals surface area (Å²) in [7, 11) is 0. The second-order valence-corrected chi connectivity index (χ2v) is 7.49. The number of hydrogen-bond acceptors (Lipinski definition) is 4. The van der Waals surface area contributed by atoms with Crippen LogP contribution < -0.4 is 5.32 Å². The molecule has 1 fully saturated rings. The zero-order valence-corrected chi connectivity index (χ0v) is 15.9. The van der Waals surface area contributed by atoms with E-state index >= 15 is 0 Å². The molecule has 128 valence electrons. The summed E-state index contributed by atoms with van der Waals surface area (Å²) in [6.07, 6.45) is 4.49. The number of aromatic nitrogens is 2. The van der Waals surface area contributed by atoms with Gasteiger partial charge in [0.05, 0.1) is 10.5 Å². The Balaban J connectivity index is 1.86. The highest BCUT2D eigenvalue weighted by Gasteiger charge is 2.30. The van der Waals surface area contributed by atoms with E-state index in [1.54, 1.807) is 12.4 Å². The maximum absolute atomic E-state index is 12.4. The molecule has 1 saturated heterocycles. The molecule has 1 aliphatic heterocycles. The molecule has 7 heteroatoms. The van der Waals surface area contributed by atoms with Gasteiger partial charge in [-0.25, -0.2) is 14.8 Å². The second kappa shape index (κ2) is 7.57. The van der Waals surface area contributed by atoms with Crippen LogP contribution in [0.3, 0.4) is 0 Å². The molecule has 1 aliphatic rings. The molecule has 1 unspecified atom stereocenters. The quantitative estimate of drug-likeness (QED) is 0.867. The third-order valence-electron chi connectivity index (χ3n) is 4.66. The van der Waals surface area contributed by atoms with Crippen LogP contribution in [-0.2, 0) is 0 Å². The van der Waals surface area contributed by atoms with E-state index in [0.29, 0.717) is 5.82 Å². The van der Waals surface area contributed by atoms with Crippen molar-refractivity contribution in [3.05, 3.63) is 22.7 Å². The standard InChI is InChI=1S/C16H26BrN5O/c1-5-16(3,4)22-8-6-21(7-9-22)15(23)20-12(2)14-18-10-13(17)11-19-14/h10-12H,5-9H2,1-4H3,(H,20,23). The number of nitrogens with one attached hydrogen (secondary N) is 1. The Kier molecular flexibility index (Phi) is 5.97. The molecule has 2 amide bonds. The molecule has 2 rings (SSSR count). The first-order valence-corrected chi connectivity index (χ1v) is 8.90. The predicted octanol–water partition coefficient (Wildman–Crippen LogP) is 2.82. The number of hydrogen-bond donors (Lipinski definition) is 1. The van der Waals surface area contributed by atoms with Crippen molar-refractivity contribution in [3.8, 4) is 0 Å². The van der Waals surface area contributed by atoms with Gasteiger partial charge in [0.1, 0.15) is 5.82 Å². The fraction of sp³-hybridized carbons (Fsp3) is 0.688. The van der Waals surface area contributed by atoms with Gasteiger partial charge in [-0.3, -0.25) is 4.90 Å². The van der Waals surface area contributed by atoms with Crippen molar-refractivity contribution >= 4 is 22.0 Å². The lowest BCUT2D eigenvalue weighted by molar-refractivity contribution is 0.0609. The molecule has 0 spiro atoms. The number of urea groups is 1. The summed E-state index contributed by atoms with van der Waals surface area (Å²) in [4.78, 5) is 25.2. The number of rotatable bonds is 4. The van der Waals surface area contributed by atoms with Gasteiger partial charge in [0, 0.05) is 44.1 Å². The minimum Gasteiger partial charge on any atom is -0.328 e. The highest BCUT2D eigenvalue weighted by molar-refractivity contribution is 9.10. The summed E-state index contributed by atoms with van der Waals surface area (Å²) < 4.78 is 0.828. The van der Waals surface area contributed by atoms with Crippen LogP contribution in [0.2, 0.25) is 0 Å². The fourth-order valence-corrected chi connectivity index (χ4v) is 2.83. The predicted molar refractivity (Wildman–Crippen MR) is 94.2 cm³/mol. The fourth-order valence-electron chi connectivity index (χ4n) is 2.63. The molecule has 0 aliphatic carbocycles. The Morgan fingerprint density at radius 3 is 2.39 bits per heavy atom. The van der Waals surface area contributed by atoms with Crippen LogP contribution in [0.5, 0.6) is 0 Å². The first-order chi connectivity index (χ1) is 10.8. The highest BCUT2D eigenvalue weighted by Crippen LogP contribution is 2.20. The van der Waals surface area contributed by atoms with Gasteiger partial charge in [-0.05, 0) is 43.1 Å². The summed E-state index contributed by atoms with van der Waals surface area (Å²) in [6.45, 7) is 12.0. The number of amides is 2. The minimum absolute atomic E-state index is 0.0435. The number of nitrogens with zero attached hydrogens (tertiary/aromatic N) is 4. The molecule has 1 atom stereocenters. The van der Waals surface area contributed by atoms with Crippen molar-refractivity contribution in [1.82, 2.24) is 25.1 Å². The Hall–Kier alpha value is -1.21. The normalized spacial score (nSPS) is 17.9. The Morgan fingerprint density at radius 1 is 1.30 bits per heavy atom. The molecule has 0 saturated carbocycles. The van der Waals surface area contributed by atoms with Crippen LogP contribution >= 0.6 is 15.9 Å². The van der Waals surface area contributed by atoms with Crippen molar-refractivity contribution in [2.45, 2.75) is 45.7 Å². The molecule has 2 heterocycles. The largest absolute Gasteiger partial charge is 0.328 e. The summed E-state index contributed by atoms with van der Waals surface area (Å²) in [5, 5.41) is 2.98.